The summed E-state index contributed by atoms with van der Waals surface area (Å²) in [5, 5.41) is 6.57. The summed E-state index contributed by atoms with van der Waals surface area (Å²) in [7, 11) is 0. The van der Waals surface area contributed by atoms with Gasteiger partial charge < -0.3 is 10.6 Å². The molecule has 0 aliphatic carbocycles. The van der Waals surface area contributed by atoms with Crippen LogP contribution in [0.5, 0.6) is 0 Å². The van der Waals surface area contributed by atoms with Gasteiger partial charge in [-0.25, -0.2) is 4.99 Å². The van der Waals surface area contributed by atoms with Crippen LogP contribution in [0.15, 0.2) is 47.6 Å². The average Bonchev–Trinajstić information content (AvgIpc) is 2.54. The van der Waals surface area contributed by atoms with E-state index in [1.54, 1.807) is 0 Å². The molecule has 2 heterocycles. The summed E-state index contributed by atoms with van der Waals surface area (Å²) < 4.78 is 0. The Morgan fingerprint density at radius 3 is 2.61 bits per heavy atom. The van der Waals surface area contributed by atoms with E-state index < -0.39 is 0 Å². The number of pyridine rings is 2. The highest BCUT2D eigenvalue weighted by Gasteiger charge is 1.99. The Morgan fingerprint density at radius 1 is 1.09 bits per heavy atom. The second kappa shape index (κ2) is 10.9. The fraction of sp³-hybridized carbons (Fsp3) is 0.353. The lowest BCUT2D eigenvalue weighted by molar-refractivity contribution is 0.785. The number of halogens is 1. The predicted octanol–water partition coefficient (Wildman–Crippen LogP) is 2.70. The molecule has 23 heavy (non-hydrogen) atoms. The molecule has 2 aromatic rings. The lowest BCUT2D eigenvalue weighted by Crippen LogP contribution is -2.38. The number of nitrogens with zero attached hydrogens (tertiary/aromatic N) is 3. The summed E-state index contributed by atoms with van der Waals surface area (Å²) >= 11 is 0. The van der Waals surface area contributed by atoms with E-state index >= 15 is 0 Å². The first-order valence-corrected chi connectivity index (χ1v) is 7.62. The monoisotopic (exact) mass is 425 g/mol. The highest BCUT2D eigenvalue weighted by Crippen LogP contribution is 1.99. The van der Waals surface area contributed by atoms with Crippen LogP contribution in [-0.4, -0.2) is 29.0 Å². The summed E-state index contributed by atoms with van der Waals surface area (Å²) in [6, 6.07) is 12.0. The van der Waals surface area contributed by atoms with E-state index in [0.717, 1.165) is 42.6 Å². The van der Waals surface area contributed by atoms with E-state index in [0.29, 0.717) is 6.54 Å². The van der Waals surface area contributed by atoms with E-state index in [9.17, 15) is 0 Å². The third kappa shape index (κ3) is 7.40. The minimum atomic E-state index is 0. The number of aryl methyl sites for hydroxylation is 1. The van der Waals surface area contributed by atoms with Crippen molar-refractivity contribution in [3.8, 4) is 0 Å². The number of hydrogen-bond acceptors (Lipinski definition) is 3. The second-order valence-corrected chi connectivity index (χ2v) is 4.96. The highest BCUT2D eigenvalue weighted by molar-refractivity contribution is 14.0. The Balaban J connectivity index is 0.00000264. The van der Waals surface area contributed by atoms with Crippen molar-refractivity contribution in [2.24, 2.45) is 4.99 Å². The first-order chi connectivity index (χ1) is 10.8. The molecule has 0 spiro atoms. The molecule has 0 atom stereocenters. The minimum Gasteiger partial charge on any atom is -0.357 e. The highest BCUT2D eigenvalue weighted by atomic mass is 127. The van der Waals surface area contributed by atoms with Gasteiger partial charge in [0.1, 0.15) is 0 Å². The van der Waals surface area contributed by atoms with Gasteiger partial charge in [0.25, 0.3) is 0 Å². The zero-order valence-corrected chi connectivity index (χ0v) is 16.0. The van der Waals surface area contributed by atoms with Gasteiger partial charge in [-0.15, -0.1) is 24.0 Å². The summed E-state index contributed by atoms with van der Waals surface area (Å²) in [6.07, 6.45) is 2.69. The molecular weight excluding hydrogens is 401 g/mol. The molecule has 2 rings (SSSR count). The fourth-order valence-electron chi connectivity index (χ4n) is 2.04. The van der Waals surface area contributed by atoms with Crippen molar-refractivity contribution in [2.75, 3.05) is 13.1 Å². The maximum atomic E-state index is 4.57. The molecule has 0 bridgehead atoms. The first-order valence-electron chi connectivity index (χ1n) is 7.62. The third-order valence-electron chi connectivity index (χ3n) is 3.09. The van der Waals surface area contributed by atoms with Crippen LogP contribution in [0.1, 0.15) is 24.0 Å². The zero-order valence-electron chi connectivity index (χ0n) is 13.6. The van der Waals surface area contributed by atoms with Crippen molar-refractivity contribution in [3.05, 3.63) is 59.7 Å². The lowest BCUT2D eigenvalue weighted by atomic mass is 10.3. The fourth-order valence-corrected chi connectivity index (χ4v) is 2.04. The van der Waals surface area contributed by atoms with Gasteiger partial charge in [-0.2, -0.15) is 0 Å². The summed E-state index contributed by atoms with van der Waals surface area (Å²) in [6.45, 7) is 6.24. The Hall–Kier alpha value is -1.70. The predicted molar refractivity (Wildman–Crippen MR) is 105 cm³/mol. The summed E-state index contributed by atoms with van der Waals surface area (Å²) in [5.74, 6) is 0.807. The van der Waals surface area contributed by atoms with Gasteiger partial charge in [0.15, 0.2) is 5.96 Å². The van der Waals surface area contributed by atoms with Gasteiger partial charge in [0.05, 0.1) is 12.2 Å². The van der Waals surface area contributed by atoms with Crippen molar-refractivity contribution < 1.29 is 0 Å². The molecule has 0 aliphatic heterocycles. The molecule has 0 saturated carbocycles. The van der Waals surface area contributed by atoms with Gasteiger partial charge in [-0.3, -0.25) is 9.97 Å². The van der Waals surface area contributed by atoms with Crippen LogP contribution in [-0.2, 0) is 13.0 Å². The molecule has 0 aliphatic rings. The van der Waals surface area contributed by atoms with Gasteiger partial charge in [0, 0.05) is 37.1 Å². The molecule has 0 amide bonds. The number of guanidine groups is 1. The second-order valence-electron chi connectivity index (χ2n) is 4.96. The molecule has 2 N–H and O–H groups in total. The van der Waals surface area contributed by atoms with Crippen molar-refractivity contribution in [1.29, 1.82) is 0 Å². The molecule has 5 nitrogen and oxygen atoms in total. The number of hydrogen-bond donors (Lipinski definition) is 2. The molecule has 0 radical (unpaired) electrons. The molecule has 0 fully saturated rings. The quantitative estimate of drug-likeness (QED) is 0.425. The molecule has 6 heteroatoms. The van der Waals surface area contributed by atoms with Gasteiger partial charge >= 0.3 is 0 Å². The van der Waals surface area contributed by atoms with Crippen molar-refractivity contribution in [1.82, 2.24) is 20.6 Å². The summed E-state index contributed by atoms with van der Waals surface area (Å²) in [4.78, 5) is 13.3. The van der Waals surface area contributed by atoms with Crippen LogP contribution < -0.4 is 10.6 Å². The molecular formula is C17H24IN5. The Labute approximate surface area is 155 Å². The number of aromatic nitrogens is 2. The molecule has 0 unspecified atom stereocenters. The first kappa shape index (κ1) is 19.3. The smallest absolute Gasteiger partial charge is 0.191 e. The lowest BCUT2D eigenvalue weighted by Gasteiger charge is -2.11. The number of aliphatic imine (C=N–C) groups is 1. The van der Waals surface area contributed by atoms with E-state index in [2.05, 4.69) is 32.5 Å². The Morgan fingerprint density at radius 2 is 1.91 bits per heavy atom. The zero-order chi connectivity index (χ0) is 15.6. The SMILES string of the molecule is CCNC(=NCc1cccc(C)n1)NCCc1ccccn1.I. The van der Waals surface area contributed by atoms with Gasteiger partial charge in [0.2, 0.25) is 0 Å². The largest absolute Gasteiger partial charge is 0.357 e. The van der Waals surface area contributed by atoms with E-state index in [1.807, 2.05) is 49.5 Å². The van der Waals surface area contributed by atoms with Crippen LogP contribution in [0.4, 0.5) is 0 Å². The maximum Gasteiger partial charge on any atom is 0.191 e. The topological polar surface area (TPSA) is 62.2 Å². The Bertz CT molecular complexity index is 601. The van der Waals surface area contributed by atoms with Gasteiger partial charge in [-0.05, 0) is 38.1 Å². The molecule has 0 saturated heterocycles. The third-order valence-corrected chi connectivity index (χ3v) is 3.09. The minimum absolute atomic E-state index is 0. The van der Waals surface area contributed by atoms with E-state index in [1.165, 1.54) is 0 Å². The molecule has 124 valence electrons. The number of rotatable bonds is 6. The van der Waals surface area contributed by atoms with Crippen molar-refractivity contribution >= 4 is 29.9 Å². The summed E-state index contributed by atoms with van der Waals surface area (Å²) in [5.41, 5.74) is 3.06. The van der Waals surface area contributed by atoms with Crippen LogP contribution in [0.3, 0.4) is 0 Å². The van der Waals surface area contributed by atoms with Crippen molar-refractivity contribution in [2.45, 2.75) is 26.8 Å². The van der Waals surface area contributed by atoms with Crippen LogP contribution >= 0.6 is 24.0 Å². The van der Waals surface area contributed by atoms with E-state index in [4.69, 9.17) is 0 Å². The maximum absolute atomic E-state index is 4.57. The molecule has 0 aromatic carbocycles. The van der Waals surface area contributed by atoms with Crippen LogP contribution in [0.25, 0.3) is 0 Å². The number of nitrogens with one attached hydrogen (secondary N) is 2. The Kier molecular flexibility index (Phi) is 9.20. The van der Waals surface area contributed by atoms with Crippen LogP contribution in [0, 0.1) is 6.92 Å². The van der Waals surface area contributed by atoms with Crippen LogP contribution in [0.2, 0.25) is 0 Å². The molecule has 2 aromatic heterocycles. The average molecular weight is 425 g/mol. The van der Waals surface area contributed by atoms with Gasteiger partial charge in [-0.1, -0.05) is 12.1 Å². The van der Waals surface area contributed by atoms with E-state index in [-0.39, 0.29) is 24.0 Å². The van der Waals surface area contributed by atoms with Crippen molar-refractivity contribution in [3.63, 3.8) is 0 Å². The standard InChI is InChI=1S/C17H23N5.HI/c1-3-18-17(20-12-10-15-8-4-5-11-19-15)21-13-16-9-6-7-14(2)22-16;/h4-9,11H,3,10,12-13H2,1-2H3,(H2,18,20,21);1H. The normalized spacial score (nSPS) is 10.8.